The maximum atomic E-state index is 5.54. The Morgan fingerprint density at radius 3 is 2.84 bits per heavy atom. The van der Waals surface area contributed by atoms with Crippen LogP contribution < -0.4 is 16.6 Å². The fourth-order valence-electron chi connectivity index (χ4n) is 3.76. The zero-order chi connectivity index (χ0) is 13.7. The highest BCUT2D eigenvalue weighted by molar-refractivity contribution is 5.79. The Morgan fingerprint density at radius 1 is 1.42 bits per heavy atom. The van der Waals surface area contributed by atoms with E-state index in [9.17, 15) is 0 Å². The van der Waals surface area contributed by atoms with Crippen molar-refractivity contribution in [3.8, 4) is 0 Å². The summed E-state index contributed by atoms with van der Waals surface area (Å²) in [6.45, 7) is 3.74. The van der Waals surface area contributed by atoms with Crippen LogP contribution in [-0.2, 0) is 4.74 Å². The molecule has 5 heteroatoms. The molecular formula is C14H28N4O. The Balaban J connectivity index is 1.77. The lowest BCUT2D eigenvalue weighted by atomic mass is 9.84. The van der Waals surface area contributed by atoms with Gasteiger partial charge in [0.05, 0.1) is 0 Å². The van der Waals surface area contributed by atoms with Crippen LogP contribution in [0.15, 0.2) is 4.99 Å². The summed E-state index contributed by atoms with van der Waals surface area (Å²) < 4.78 is 5.01. The minimum Gasteiger partial charge on any atom is -0.385 e. The predicted octanol–water partition coefficient (Wildman–Crippen LogP) is 1.26. The molecular weight excluding hydrogens is 240 g/mol. The molecule has 0 aromatic rings. The fourth-order valence-corrected chi connectivity index (χ4v) is 3.76. The highest BCUT2D eigenvalue weighted by Gasteiger charge is 2.41. The Kier molecular flexibility index (Phi) is 5.45. The molecule has 0 spiro atoms. The molecule has 2 aliphatic rings. The molecule has 2 saturated carbocycles. The number of ether oxygens (including phenoxy) is 1. The molecule has 110 valence electrons. The molecule has 0 saturated heterocycles. The molecule has 4 atom stereocenters. The monoisotopic (exact) mass is 268 g/mol. The van der Waals surface area contributed by atoms with Crippen LogP contribution in [0.4, 0.5) is 0 Å². The first-order valence-corrected chi connectivity index (χ1v) is 7.51. The summed E-state index contributed by atoms with van der Waals surface area (Å²) in [4.78, 5) is 4.44. The number of rotatable bonds is 6. The van der Waals surface area contributed by atoms with Crippen LogP contribution >= 0.6 is 0 Å². The van der Waals surface area contributed by atoms with Crippen molar-refractivity contribution in [3.05, 3.63) is 0 Å². The van der Waals surface area contributed by atoms with Gasteiger partial charge < -0.3 is 10.1 Å². The van der Waals surface area contributed by atoms with Crippen molar-refractivity contribution < 1.29 is 4.74 Å². The van der Waals surface area contributed by atoms with Gasteiger partial charge in [0, 0.05) is 26.3 Å². The lowest BCUT2D eigenvalue weighted by Gasteiger charge is -2.29. The Labute approximate surface area is 116 Å². The van der Waals surface area contributed by atoms with Crippen LogP contribution in [0, 0.1) is 17.8 Å². The molecule has 0 heterocycles. The van der Waals surface area contributed by atoms with E-state index in [0.29, 0.717) is 12.0 Å². The van der Waals surface area contributed by atoms with Gasteiger partial charge in [-0.05, 0) is 50.4 Å². The molecule has 2 bridgehead atoms. The quantitative estimate of drug-likeness (QED) is 0.223. The average Bonchev–Trinajstić information content (AvgIpc) is 3.04. The SMILES string of the molecule is COCCCN=C(NN)NC(C)C1CC2CCC1C2. The van der Waals surface area contributed by atoms with Crippen molar-refractivity contribution in [2.24, 2.45) is 28.6 Å². The fraction of sp³-hybridized carbons (Fsp3) is 0.929. The molecule has 0 radical (unpaired) electrons. The van der Waals surface area contributed by atoms with Crippen molar-refractivity contribution >= 4 is 5.96 Å². The standard InChI is InChI=1S/C14H28N4O/c1-10(13-9-11-4-5-12(13)8-11)17-14(18-15)16-6-3-7-19-2/h10-13H,3-9,15H2,1-2H3,(H2,16,17,18). The number of aliphatic imine (C=N–C) groups is 1. The summed E-state index contributed by atoms with van der Waals surface area (Å²) in [5.41, 5.74) is 2.68. The first kappa shape index (κ1) is 14.6. The number of guanidine groups is 1. The van der Waals surface area contributed by atoms with Gasteiger partial charge in [0.15, 0.2) is 0 Å². The molecule has 5 nitrogen and oxygen atoms in total. The first-order valence-electron chi connectivity index (χ1n) is 7.51. The predicted molar refractivity (Wildman–Crippen MR) is 77.7 cm³/mol. The summed E-state index contributed by atoms with van der Waals surface area (Å²) in [7, 11) is 1.71. The topological polar surface area (TPSA) is 71.7 Å². The van der Waals surface area contributed by atoms with Gasteiger partial charge in [-0.25, -0.2) is 5.84 Å². The second-order valence-corrected chi connectivity index (χ2v) is 5.99. The molecule has 2 aliphatic carbocycles. The van der Waals surface area contributed by atoms with E-state index in [2.05, 4.69) is 22.7 Å². The van der Waals surface area contributed by atoms with Crippen LogP contribution in [0.25, 0.3) is 0 Å². The van der Waals surface area contributed by atoms with Crippen LogP contribution in [0.5, 0.6) is 0 Å². The first-order chi connectivity index (χ1) is 9.24. The summed E-state index contributed by atoms with van der Waals surface area (Å²) in [6.07, 6.45) is 6.60. The van der Waals surface area contributed by atoms with Gasteiger partial charge in [-0.2, -0.15) is 0 Å². The van der Waals surface area contributed by atoms with Crippen molar-refractivity contribution in [1.29, 1.82) is 0 Å². The lowest BCUT2D eigenvalue weighted by Crippen LogP contribution is -2.48. The molecule has 0 amide bonds. The molecule has 4 N–H and O–H groups in total. The van der Waals surface area contributed by atoms with E-state index >= 15 is 0 Å². The molecule has 4 unspecified atom stereocenters. The average molecular weight is 268 g/mol. The molecule has 0 aromatic heterocycles. The van der Waals surface area contributed by atoms with E-state index in [1.165, 1.54) is 25.7 Å². The van der Waals surface area contributed by atoms with Crippen LogP contribution in [0.1, 0.15) is 39.0 Å². The Bertz CT molecular complexity index is 308. The highest BCUT2D eigenvalue weighted by Crippen LogP contribution is 2.49. The second-order valence-electron chi connectivity index (χ2n) is 5.99. The molecule has 2 fully saturated rings. The number of nitrogens with two attached hydrogens (primary N) is 1. The molecule has 2 rings (SSSR count). The van der Waals surface area contributed by atoms with Crippen LogP contribution in [-0.4, -0.2) is 32.3 Å². The minimum atomic E-state index is 0.451. The largest absolute Gasteiger partial charge is 0.385 e. The Morgan fingerprint density at radius 2 is 2.26 bits per heavy atom. The normalized spacial score (nSPS) is 31.5. The zero-order valence-corrected chi connectivity index (χ0v) is 12.2. The van der Waals surface area contributed by atoms with Gasteiger partial charge >= 0.3 is 0 Å². The number of hydrazine groups is 1. The van der Waals surface area contributed by atoms with Crippen molar-refractivity contribution in [2.45, 2.75) is 45.1 Å². The molecule has 19 heavy (non-hydrogen) atoms. The number of nitrogens with zero attached hydrogens (tertiary/aromatic N) is 1. The van der Waals surface area contributed by atoms with Crippen LogP contribution in [0.3, 0.4) is 0 Å². The Hall–Kier alpha value is -0.810. The zero-order valence-electron chi connectivity index (χ0n) is 12.2. The highest BCUT2D eigenvalue weighted by atomic mass is 16.5. The summed E-state index contributed by atoms with van der Waals surface area (Å²) >= 11 is 0. The van der Waals surface area contributed by atoms with E-state index in [1.807, 2.05) is 0 Å². The smallest absolute Gasteiger partial charge is 0.205 e. The third kappa shape index (κ3) is 3.83. The number of hydrogen-bond acceptors (Lipinski definition) is 3. The number of hydrogen-bond donors (Lipinski definition) is 3. The van der Waals surface area contributed by atoms with Gasteiger partial charge in [-0.1, -0.05) is 6.42 Å². The maximum absolute atomic E-state index is 5.54. The van der Waals surface area contributed by atoms with E-state index in [4.69, 9.17) is 10.6 Å². The van der Waals surface area contributed by atoms with E-state index in [0.717, 1.165) is 37.3 Å². The third-order valence-corrected chi connectivity index (χ3v) is 4.71. The van der Waals surface area contributed by atoms with E-state index in [-0.39, 0.29) is 0 Å². The summed E-state index contributed by atoms with van der Waals surface area (Å²) in [5, 5.41) is 3.44. The van der Waals surface area contributed by atoms with Gasteiger partial charge in [0.1, 0.15) is 0 Å². The number of nitrogens with one attached hydrogen (secondary N) is 2. The lowest BCUT2D eigenvalue weighted by molar-refractivity contribution is 0.197. The minimum absolute atomic E-state index is 0.451. The molecule has 0 aliphatic heterocycles. The molecule has 0 aromatic carbocycles. The van der Waals surface area contributed by atoms with Crippen LogP contribution in [0.2, 0.25) is 0 Å². The van der Waals surface area contributed by atoms with Crippen molar-refractivity contribution in [1.82, 2.24) is 10.7 Å². The van der Waals surface area contributed by atoms with Crippen molar-refractivity contribution in [2.75, 3.05) is 20.3 Å². The van der Waals surface area contributed by atoms with Gasteiger partial charge in [0.2, 0.25) is 5.96 Å². The summed E-state index contributed by atoms with van der Waals surface area (Å²) in [6, 6.07) is 0.451. The second kappa shape index (κ2) is 7.10. The number of methoxy groups -OCH3 is 1. The van der Waals surface area contributed by atoms with Crippen molar-refractivity contribution in [3.63, 3.8) is 0 Å². The van der Waals surface area contributed by atoms with E-state index in [1.54, 1.807) is 7.11 Å². The summed E-state index contributed by atoms with van der Waals surface area (Å²) in [5.74, 6) is 8.93. The maximum Gasteiger partial charge on any atom is 0.205 e. The van der Waals surface area contributed by atoms with Gasteiger partial charge in [-0.15, -0.1) is 0 Å². The van der Waals surface area contributed by atoms with Gasteiger partial charge in [-0.3, -0.25) is 10.4 Å². The third-order valence-electron chi connectivity index (χ3n) is 4.71. The van der Waals surface area contributed by atoms with E-state index < -0.39 is 0 Å². The van der Waals surface area contributed by atoms with Gasteiger partial charge in [0.25, 0.3) is 0 Å². The number of fused-ring (bicyclic) bond motifs is 2.